The van der Waals surface area contributed by atoms with Crippen LogP contribution in [-0.4, -0.2) is 27.5 Å². The highest BCUT2D eigenvalue weighted by Gasteiger charge is 2.36. The molecule has 0 saturated carbocycles. The molecule has 8 heteroatoms. The fourth-order valence-electron chi connectivity index (χ4n) is 2.28. The number of rotatable bonds is 4. The number of aliphatic hydroxyl groups is 2. The van der Waals surface area contributed by atoms with Crippen LogP contribution in [0, 0.1) is 11.3 Å². The lowest BCUT2D eigenvalue weighted by molar-refractivity contribution is -0.137. The Bertz CT molecular complexity index is 823. The number of aromatic nitrogens is 1. The van der Waals surface area contributed by atoms with E-state index in [0.717, 1.165) is 4.57 Å². The number of halogens is 3. The predicted molar refractivity (Wildman–Crippen MR) is 78.9 cm³/mol. The highest BCUT2D eigenvalue weighted by Crippen LogP contribution is 2.33. The van der Waals surface area contributed by atoms with Gasteiger partial charge in [0.15, 0.2) is 0 Å². The Kier molecular flexibility index (Phi) is 5.07. The monoisotopic (exact) mass is 338 g/mol. The number of nitriles is 1. The lowest BCUT2D eigenvalue weighted by atomic mass is 10.0. The molecule has 0 spiro atoms. The Morgan fingerprint density at radius 3 is 2.38 bits per heavy atom. The van der Waals surface area contributed by atoms with E-state index in [1.165, 1.54) is 18.2 Å². The van der Waals surface area contributed by atoms with Crippen LogP contribution in [0.25, 0.3) is 11.3 Å². The van der Waals surface area contributed by atoms with E-state index in [0.29, 0.717) is 11.6 Å². The topological polar surface area (TPSA) is 86.2 Å². The number of hydrogen-bond donors (Lipinski definition) is 2. The Labute approximate surface area is 134 Å². The van der Waals surface area contributed by atoms with Gasteiger partial charge in [0.1, 0.15) is 11.6 Å². The second-order valence-electron chi connectivity index (χ2n) is 5.05. The van der Waals surface area contributed by atoms with E-state index in [2.05, 4.69) is 0 Å². The molecular formula is C16H13F3N2O3. The molecule has 0 radical (unpaired) electrons. The normalized spacial score (nSPS) is 12.7. The van der Waals surface area contributed by atoms with Gasteiger partial charge in [-0.25, -0.2) is 0 Å². The summed E-state index contributed by atoms with van der Waals surface area (Å²) < 4.78 is 40.4. The number of alkyl halides is 3. The largest absolute Gasteiger partial charge is 0.417 e. The van der Waals surface area contributed by atoms with E-state index < -0.39 is 42.1 Å². The number of benzene rings is 1. The third kappa shape index (κ3) is 3.48. The molecule has 1 unspecified atom stereocenters. The number of nitrogens with zero attached hydrogens (tertiary/aromatic N) is 2. The Morgan fingerprint density at radius 1 is 1.25 bits per heavy atom. The van der Waals surface area contributed by atoms with Gasteiger partial charge < -0.3 is 14.8 Å². The predicted octanol–water partition coefficient (Wildman–Crippen LogP) is 1.76. The molecular weight excluding hydrogens is 325 g/mol. The molecule has 1 aromatic heterocycles. The average molecular weight is 338 g/mol. The summed E-state index contributed by atoms with van der Waals surface area (Å²) in [6.45, 7) is -1.12. The molecule has 1 atom stereocenters. The van der Waals surface area contributed by atoms with Gasteiger partial charge >= 0.3 is 6.18 Å². The minimum absolute atomic E-state index is 0.0978. The number of aliphatic hydroxyl groups excluding tert-OH is 2. The van der Waals surface area contributed by atoms with Gasteiger partial charge in [0.05, 0.1) is 30.5 Å². The summed E-state index contributed by atoms with van der Waals surface area (Å²) in [5.41, 5.74) is -3.33. The summed E-state index contributed by atoms with van der Waals surface area (Å²) in [5.74, 6) is 0. The Morgan fingerprint density at radius 2 is 1.88 bits per heavy atom. The van der Waals surface area contributed by atoms with Crippen molar-refractivity contribution >= 4 is 0 Å². The van der Waals surface area contributed by atoms with Crippen LogP contribution < -0.4 is 5.56 Å². The molecule has 0 aliphatic heterocycles. The molecule has 5 nitrogen and oxygen atoms in total. The molecule has 0 bridgehead atoms. The Hall–Kier alpha value is -2.63. The van der Waals surface area contributed by atoms with Crippen molar-refractivity contribution < 1.29 is 23.4 Å². The van der Waals surface area contributed by atoms with Gasteiger partial charge in [-0.15, -0.1) is 0 Å². The maximum absolute atomic E-state index is 13.2. The minimum atomic E-state index is -4.87. The first-order chi connectivity index (χ1) is 11.3. The first kappa shape index (κ1) is 17.7. The van der Waals surface area contributed by atoms with Crippen LogP contribution in [0.15, 0.2) is 41.2 Å². The molecule has 0 fully saturated rings. The molecule has 1 aromatic carbocycles. The zero-order valence-corrected chi connectivity index (χ0v) is 12.3. The van der Waals surface area contributed by atoms with Gasteiger partial charge in [0.25, 0.3) is 5.56 Å². The van der Waals surface area contributed by atoms with Crippen LogP contribution in [0.1, 0.15) is 11.1 Å². The summed E-state index contributed by atoms with van der Waals surface area (Å²) in [6, 6.07) is 9.82. The molecule has 2 N–H and O–H groups in total. The maximum Gasteiger partial charge on any atom is 0.417 e. The fraction of sp³-hybridized carbons (Fsp3) is 0.250. The van der Waals surface area contributed by atoms with Crippen molar-refractivity contribution in [3.05, 3.63) is 57.9 Å². The van der Waals surface area contributed by atoms with E-state index in [1.54, 1.807) is 18.2 Å². The number of hydrogen-bond acceptors (Lipinski definition) is 4. The highest BCUT2D eigenvalue weighted by molar-refractivity contribution is 5.62. The van der Waals surface area contributed by atoms with Gasteiger partial charge in [-0.2, -0.15) is 18.4 Å². The third-order valence-corrected chi connectivity index (χ3v) is 3.39. The molecule has 2 rings (SSSR count). The lowest BCUT2D eigenvalue weighted by Crippen LogP contribution is -2.33. The standard InChI is InChI=1S/C16H13F3N2O3/c17-16(18,19)13-6-14(10-4-2-1-3-5-10)21(8-11(23)9-22)15(24)12(13)7-20/h1-6,11,22-23H,8-9H2. The van der Waals surface area contributed by atoms with Crippen molar-refractivity contribution in [1.29, 1.82) is 5.26 Å². The zero-order valence-electron chi connectivity index (χ0n) is 12.3. The second kappa shape index (κ2) is 6.86. The molecule has 1 heterocycles. The van der Waals surface area contributed by atoms with Gasteiger partial charge in [-0.1, -0.05) is 30.3 Å². The van der Waals surface area contributed by atoms with Crippen LogP contribution in [0.5, 0.6) is 0 Å². The Balaban J connectivity index is 2.82. The maximum atomic E-state index is 13.2. The van der Waals surface area contributed by atoms with Crippen LogP contribution in [-0.2, 0) is 12.7 Å². The first-order valence-electron chi connectivity index (χ1n) is 6.89. The summed E-state index contributed by atoms with van der Waals surface area (Å²) in [7, 11) is 0. The van der Waals surface area contributed by atoms with E-state index in [1.807, 2.05) is 0 Å². The van der Waals surface area contributed by atoms with E-state index >= 15 is 0 Å². The van der Waals surface area contributed by atoms with Crippen LogP contribution in [0.3, 0.4) is 0 Å². The summed E-state index contributed by atoms with van der Waals surface area (Å²) >= 11 is 0. The van der Waals surface area contributed by atoms with E-state index in [4.69, 9.17) is 10.4 Å². The fourth-order valence-corrected chi connectivity index (χ4v) is 2.28. The smallest absolute Gasteiger partial charge is 0.394 e. The van der Waals surface area contributed by atoms with Crippen LogP contribution in [0.4, 0.5) is 13.2 Å². The minimum Gasteiger partial charge on any atom is -0.394 e. The second-order valence-corrected chi connectivity index (χ2v) is 5.05. The van der Waals surface area contributed by atoms with Gasteiger partial charge in [-0.3, -0.25) is 4.79 Å². The zero-order chi connectivity index (χ0) is 17.9. The average Bonchev–Trinajstić information content (AvgIpc) is 2.55. The highest BCUT2D eigenvalue weighted by atomic mass is 19.4. The molecule has 24 heavy (non-hydrogen) atoms. The summed E-state index contributed by atoms with van der Waals surface area (Å²) in [6.07, 6.45) is -6.23. The van der Waals surface area contributed by atoms with Gasteiger partial charge in [-0.05, 0) is 11.6 Å². The van der Waals surface area contributed by atoms with E-state index in [-0.39, 0.29) is 5.69 Å². The van der Waals surface area contributed by atoms with Crippen LogP contribution >= 0.6 is 0 Å². The summed E-state index contributed by atoms with van der Waals surface area (Å²) in [5, 5.41) is 27.5. The first-order valence-corrected chi connectivity index (χ1v) is 6.89. The van der Waals surface area contributed by atoms with Gasteiger partial charge in [0.2, 0.25) is 0 Å². The number of pyridine rings is 1. The quantitative estimate of drug-likeness (QED) is 0.889. The van der Waals surface area contributed by atoms with Gasteiger partial charge in [0, 0.05) is 0 Å². The van der Waals surface area contributed by atoms with E-state index in [9.17, 15) is 23.1 Å². The third-order valence-electron chi connectivity index (χ3n) is 3.39. The summed E-state index contributed by atoms with van der Waals surface area (Å²) in [4.78, 5) is 12.4. The van der Waals surface area contributed by atoms with Crippen molar-refractivity contribution in [1.82, 2.24) is 4.57 Å². The molecule has 2 aromatic rings. The molecule has 0 aliphatic carbocycles. The molecule has 0 saturated heterocycles. The SMILES string of the molecule is N#Cc1c(C(F)(F)F)cc(-c2ccccc2)n(CC(O)CO)c1=O. The molecule has 0 amide bonds. The van der Waals surface area contributed by atoms with Crippen molar-refractivity contribution in [2.75, 3.05) is 6.61 Å². The molecule has 0 aliphatic rings. The van der Waals surface area contributed by atoms with Crippen molar-refractivity contribution in [2.45, 2.75) is 18.8 Å². The van der Waals surface area contributed by atoms with Crippen LogP contribution in [0.2, 0.25) is 0 Å². The lowest BCUT2D eigenvalue weighted by Gasteiger charge is -2.19. The van der Waals surface area contributed by atoms with Crippen molar-refractivity contribution in [2.24, 2.45) is 0 Å². The van der Waals surface area contributed by atoms with Crippen molar-refractivity contribution in [3.8, 4) is 17.3 Å². The van der Waals surface area contributed by atoms with Crippen molar-refractivity contribution in [3.63, 3.8) is 0 Å². The molecule has 126 valence electrons.